The first kappa shape index (κ1) is 24.2. The van der Waals surface area contributed by atoms with Gasteiger partial charge in [-0.1, -0.05) is 74.6 Å². The van der Waals surface area contributed by atoms with E-state index < -0.39 is 0 Å². The van der Waals surface area contributed by atoms with Crippen LogP contribution < -0.4 is 0 Å². The molecule has 3 aromatic rings. The maximum atomic E-state index is 4.48. The Morgan fingerprint density at radius 3 is 1.69 bits per heavy atom. The SMILES string of the molecule is Cc1ccc(CCC2CCC(C)CC2)nc1.Cc1ccc(CCc2ccc(C)cn2)cc1. The molecule has 2 heterocycles. The molecule has 1 aliphatic carbocycles. The molecule has 0 spiro atoms. The lowest BCUT2D eigenvalue weighted by molar-refractivity contribution is 0.277. The Balaban J connectivity index is 0.000000181. The molecule has 0 amide bonds. The highest BCUT2D eigenvalue weighted by Crippen LogP contribution is 2.30. The Hall–Kier alpha value is -2.48. The van der Waals surface area contributed by atoms with Crippen LogP contribution in [0.2, 0.25) is 0 Å². The van der Waals surface area contributed by atoms with Crippen molar-refractivity contribution >= 4 is 0 Å². The highest BCUT2D eigenvalue weighted by molar-refractivity contribution is 5.22. The second-order valence-electron chi connectivity index (χ2n) is 9.80. The molecule has 2 nitrogen and oxygen atoms in total. The second kappa shape index (κ2) is 12.5. The monoisotopic (exact) mass is 428 g/mol. The van der Waals surface area contributed by atoms with E-state index in [4.69, 9.17) is 0 Å². The van der Waals surface area contributed by atoms with Crippen LogP contribution in [0.15, 0.2) is 60.9 Å². The minimum Gasteiger partial charge on any atom is -0.261 e. The standard InChI is InChI=1S/C15H23N.C15H17N/c2*1-12-3-6-14(7-4-12)8-10-15-9-5-13(2)11-16-15/h5,9,11-12,14H,3-4,6-8,10H2,1-2H3;3-7,9,11H,8,10H2,1-2H3. The predicted octanol–water partition coefficient (Wildman–Crippen LogP) is 7.63. The third-order valence-electron chi connectivity index (χ3n) is 6.68. The molecular weight excluding hydrogens is 388 g/mol. The lowest BCUT2D eigenvalue weighted by atomic mass is 9.81. The van der Waals surface area contributed by atoms with Crippen LogP contribution in [-0.4, -0.2) is 9.97 Å². The van der Waals surface area contributed by atoms with Crippen molar-refractivity contribution in [3.8, 4) is 0 Å². The number of hydrogen-bond acceptors (Lipinski definition) is 2. The van der Waals surface area contributed by atoms with E-state index in [9.17, 15) is 0 Å². The van der Waals surface area contributed by atoms with Gasteiger partial charge in [0.15, 0.2) is 0 Å². The summed E-state index contributed by atoms with van der Waals surface area (Å²) in [7, 11) is 0. The van der Waals surface area contributed by atoms with Crippen LogP contribution in [0, 0.1) is 32.6 Å². The van der Waals surface area contributed by atoms with Crippen molar-refractivity contribution in [2.24, 2.45) is 11.8 Å². The van der Waals surface area contributed by atoms with Crippen molar-refractivity contribution in [2.75, 3.05) is 0 Å². The fourth-order valence-corrected chi connectivity index (χ4v) is 4.29. The normalized spacial score (nSPS) is 18.0. The predicted molar refractivity (Wildman–Crippen MR) is 136 cm³/mol. The van der Waals surface area contributed by atoms with E-state index in [1.54, 1.807) is 0 Å². The molecule has 1 aromatic carbocycles. The zero-order chi connectivity index (χ0) is 22.8. The minimum atomic E-state index is 0.958. The van der Waals surface area contributed by atoms with Gasteiger partial charge < -0.3 is 0 Å². The Morgan fingerprint density at radius 2 is 1.16 bits per heavy atom. The number of aromatic nitrogens is 2. The minimum absolute atomic E-state index is 0.958. The quantitative estimate of drug-likeness (QED) is 0.403. The first-order valence-electron chi connectivity index (χ1n) is 12.4. The molecule has 0 bridgehead atoms. The highest BCUT2D eigenvalue weighted by atomic mass is 14.7. The molecule has 0 saturated heterocycles. The number of nitrogens with zero attached hydrogens (tertiary/aromatic N) is 2. The summed E-state index contributed by atoms with van der Waals surface area (Å²) in [6.07, 6.45) is 14.3. The molecule has 1 saturated carbocycles. The zero-order valence-electron chi connectivity index (χ0n) is 20.5. The molecular formula is C30H40N2. The zero-order valence-corrected chi connectivity index (χ0v) is 20.5. The molecule has 32 heavy (non-hydrogen) atoms. The fourth-order valence-electron chi connectivity index (χ4n) is 4.29. The Kier molecular flexibility index (Phi) is 9.46. The lowest BCUT2D eigenvalue weighted by Crippen LogP contribution is -2.13. The van der Waals surface area contributed by atoms with Gasteiger partial charge in [-0.05, 0) is 87.1 Å². The van der Waals surface area contributed by atoms with Crippen LogP contribution in [0.25, 0.3) is 0 Å². The number of pyridine rings is 2. The summed E-state index contributed by atoms with van der Waals surface area (Å²) in [5.41, 5.74) is 7.62. The van der Waals surface area contributed by atoms with Gasteiger partial charge in [0.25, 0.3) is 0 Å². The smallest absolute Gasteiger partial charge is 0.0407 e. The van der Waals surface area contributed by atoms with Crippen molar-refractivity contribution in [2.45, 2.75) is 79.1 Å². The third kappa shape index (κ3) is 8.57. The maximum Gasteiger partial charge on any atom is 0.0407 e. The average molecular weight is 429 g/mol. The first-order chi connectivity index (χ1) is 15.5. The summed E-state index contributed by atoms with van der Waals surface area (Å²) >= 11 is 0. The largest absolute Gasteiger partial charge is 0.261 e. The van der Waals surface area contributed by atoms with Crippen LogP contribution >= 0.6 is 0 Å². The van der Waals surface area contributed by atoms with Crippen molar-refractivity contribution < 1.29 is 0 Å². The van der Waals surface area contributed by atoms with Gasteiger partial charge in [0, 0.05) is 23.8 Å². The van der Waals surface area contributed by atoms with Gasteiger partial charge in [0.1, 0.15) is 0 Å². The Bertz CT molecular complexity index is 857. The van der Waals surface area contributed by atoms with E-state index in [2.05, 4.69) is 86.2 Å². The van der Waals surface area contributed by atoms with Crippen molar-refractivity contribution in [3.63, 3.8) is 0 Å². The van der Waals surface area contributed by atoms with Gasteiger partial charge in [-0.25, -0.2) is 0 Å². The van der Waals surface area contributed by atoms with Gasteiger partial charge in [0.05, 0.1) is 0 Å². The third-order valence-corrected chi connectivity index (χ3v) is 6.68. The fraction of sp³-hybridized carbons (Fsp3) is 0.467. The van der Waals surface area contributed by atoms with Gasteiger partial charge in [-0.15, -0.1) is 0 Å². The van der Waals surface area contributed by atoms with Crippen molar-refractivity contribution in [3.05, 3.63) is 94.6 Å². The number of hydrogen-bond donors (Lipinski definition) is 0. The summed E-state index contributed by atoms with van der Waals surface area (Å²) in [6.45, 7) is 8.67. The first-order valence-corrected chi connectivity index (χ1v) is 12.4. The van der Waals surface area contributed by atoms with Crippen molar-refractivity contribution in [1.29, 1.82) is 0 Å². The summed E-state index contributed by atoms with van der Waals surface area (Å²) < 4.78 is 0. The average Bonchev–Trinajstić information content (AvgIpc) is 2.81. The van der Waals surface area contributed by atoms with Gasteiger partial charge >= 0.3 is 0 Å². The van der Waals surface area contributed by atoms with Crippen LogP contribution in [-0.2, 0) is 19.3 Å². The van der Waals surface area contributed by atoms with Gasteiger partial charge in [-0.3, -0.25) is 9.97 Å². The van der Waals surface area contributed by atoms with E-state index in [0.29, 0.717) is 0 Å². The highest BCUT2D eigenvalue weighted by Gasteiger charge is 2.17. The molecule has 1 fully saturated rings. The Labute approximate surface area is 195 Å². The van der Waals surface area contributed by atoms with E-state index in [1.807, 2.05) is 12.4 Å². The molecule has 4 rings (SSSR count). The van der Waals surface area contributed by atoms with Gasteiger partial charge in [-0.2, -0.15) is 0 Å². The molecule has 0 radical (unpaired) electrons. The summed E-state index contributed by atoms with van der Waals surface area (Å²) in [5.74, 6) is 1.92. The topological polar surface area (TPSA) is 25.8 Å². The summed E-state index contributed by atoms with van der Waals surface area (Å²) in [5, 5.41) is 0. The lowest BCUT2D eigenvalue weighted by Gasteiger charge is -2.25. The molecule has 0 atom stereocenters. The number of benzene rings is 1. The summed E-state index contributed by atoms with van der Waals surface area (Å²) in [4.78, 5) is 8.89. The van der Waals surface area contributed by atoms with Crippen LogP contribution in [0.3, 0.4) is 0 Å². The molecule has 170 valence electrons. The molecule has 0 N–H and O–H groups in total. The molecule has 0 unspecified atom stereocenters. The molecule has 2 aromatic heterocycles. The number of aryl methyl sites for hydroxylation is 6. The van der Waals surface area contributed by atoms with Crippen LogP contribution in [0.5, 0.6) is 0 Å². The molecule has 1 aliphatic rings. The molecule has 0 aliphatic heterocycles. The number of rotatable bonds is 6. The van der Waals surface area contributed by atoms with Gasteiger partial charge in [0.2, 0.25) is 0 Å². The van der Waals surface area contributed by atoms with E-state index >= 15 is 0 Å². The molecule has 2 heteroatoms. The maximum absolute atomic E-state index is 4.48. The van der Waals surface area contributed by atoms with Crippen LogP contribution in [0.1, 0.15) is 72.7 Å². The second-order valence-corrected chi connectivity index (χ2v) is 9.80. The Morgan fingerprint density at radius 1 is 0.625 bits per heavy atom. The van der Waals surface area contributed by atoms with E-state index in [1.165, 1.54) is 72.2 Å². The van der Waals surface area contributed by atoms with Crippen molar-refractivity contribution in [1.82, 2.24) is 9.97 Å². The van der Waals surface area contributed by atoms with Crippen LogP contribution in [0.4, 0.5) is 0 Å². The van der Waals surface area contributed by atoms with E-state index in [0.717, 1.165) is 24.7 Å². The summed E-state index contributed by atoms with van der Waals surface area (Å²) in [6, 6.07) is 17.3. The van der Waals surface area contributed by atoms with E-state index in [-0.39, 0.29) is 0 Å².